The van der Waals surface area contributed by atoms with Crippen molar-refractivity contribution in [3.05, 3.63) is 52.5 Å². The van der Waals surface area contributed by atoms with Crippen molar-refractivity contribution >= 4 is 29.2 Å². The number of halogens is 1. The highest BCUT2D eigenvalue weighted by Crippen LogP contribution is 2.29. The van der Waals surface area contributed by atoms with Crippen LogP contribution in [0.2, 0.25) is 5.02 Å². The number of ether oxygens (including phenoxy) is 3. The standard InChI is InChI=1S/C22H26ClNO5/c1-4-27-19-11-7-15(13-20(19)28-5-2)8-12-21(25)24-16-9-10-18(23)17(14-16)22(26)29-6-3/h7,9-11,13-14H,4-6,8,12H2,1-3H3,(H,24,25). The lowest BCUT2D eigenvalue weighted by atomic mass is 10.1. The van der Waals surface area contributed by atoms with Gasteiger partial charge in [0.05, 0.1) is 30.4 Å². The van der Waals surface area contributed by atoms with Crippen LogP contribution in [0.5, 0.6) is 11.5 Å². The number of carbonyl (C=O) groups excluding carboxylic acids is 2. The van der Waals surface area contributed by atoms with E-state index in [4.69, 9.17) is 25.8 Å². The molecule has 0 aromatic heterocycles. The third-order valence-electron chi connectivity index (χ3n) is 3.99. The fourth-order valence-electron chi connectivity index (χ4n) is 2.70. The summed E-state index contributed by atoms with van der Waals surface area (Å²) in [5.41, 5.74) is 1.68. The van der Waals surface area contributed by atoms with E-state index >= 15 is 0 Å². The highest BCUT2D eigenvalue weighted by Gasteiger charge is 2.14. The van der Waals surface area contributed by atoms with Gasteiger partial charge in [-0.25, -0.2) is 4.79 Å². The van der Waals surface area contributed by atoms with E-state index in [0.29, 0.717) is 36.8 Å². The summed E-state index contributed by atoms with van der Waals surface area (Å²) in [5, 5.41) is 3.06. The number of carbonyl (C=O) groups is 2. The largest absolute Gasteiger partial charge is 0.490 e. The fourth-order valence-corrected chi connectivity index (χ4v) is 2.90. The van der Waals surface area contributed by atoms with E-state index in [2.05, 4.69) is 5.32 Å². The van der Waals surface area contributed by atoms with Gasteiger partial charge in [0.2, 0.25) is 5.91 Å². The summed E-state index contributed by atoms with van der Waals surface area (Å²) in [6, 6.07) is 10.4. The first-order chi connectivity index (χ1) is 14.0. The van der Waals surface area contributed by atoms with Gasteiger partial charge >= 0.3 is 5.97 Å². The molecule has 1 amide bonds. The number of amides is 1. The van der Waals surface area contributed by atoms with Crippen LogP contribution < -0.4 is 14.8 Å². The number of hydrogen-bond donors (Lipinski definition) is 1. The maximum absolute atomic E-state index is 12.3. The Morgan fingerprint density at radius 2 is 1.66 bits per heavy atom. The molecule has 0 spiro atoms. The molecule has 7 heteroatoms. The molecule has 0 fully saturated rings. The Balaban J connectivity index is 2.00. The molecule has 2 aromatic rings. The number of anilines is 1. The van der Waals surface area contributed by atoms with E-state index in [1.807, 2.05) is 32.0 Å². The van der Waals surface area contributed by atoms with E-state index in [1.54, 1.807) is 19.1 Å². The minimum Gasteiger partial charge on any atom is -0.490 e. The molecule has 0 aliphatic heterocycles. The molecule has 156 valence electrons. The SMILES string of the molecule is CCOC(=O)c1cc(NC(=O)CCc2ccc(OCC)c(OCC)c2)ccc1Cl. The zero-order valence-electron chi connectivity index (χ0n) is 16.9. The lowest BCUT2D eigenvalue weighted by Gasteiger charge is -2.12. The molecule has 0 aliphatic carbocycles. The third-order valence-corrected chi connectivity index (χ3v) is 4.32. The van der Waals surface area contributed by atoms with E-state index in [0.717, 1.165) is 5.56 Å². The first-order valence-corrected chi connectivity index (χ1v) is 10.0. The molecule has 0 bridgehead atoms. The van der Waals surface area contributed by atoms with E-state index < -0.39 is 5.97 Å². The summed E-state index contributed by atoms with van der Waals surface area (Å²) in [6.45, 7) is 6.87. The van der Waals surface area contributed by atoms with Crippen LogP contribution in [0.4, 0.5) is 5.69 Å². The number of esters is 1. The summed E-state index contributed by atoms with van der Waals surface area (Å²) in [5.74, 6) is 0.666. The lowest BCUT2D eigenvalue weighted by molar-refractivity contribution is -0.116. The number of rotatable bonds is 10. The van der Waals surface area contributed by atoms with Gasteiger partial charge < -0.3 is 19.5 Å². The van der Waals surface area contributed by atoms with Crippen molar-refractivity contribution in [1.82, 2.24) is 0 Å². The highest BCUT2D eigenvalue weighted by atomic mass is 35.5. The number of aryl methyl sites for hydroxylation is 1. The molecule has 2 rings (SSSR count). The van der Waals surface area contributed by atoms with E-state index in [9.17, 15) is 9.59 Å². The van der Waals surface area contributed by atoms with Crippen molar-refractivity contribution in [1.29, 1.82) is 0 Å². The Kier molecular flexibility index (Phi) is 8.80. The van der Waals surface area contributed by atoms with Crippen molar-refractivity contribution in [3.63, 3.8) is 0 Å². The van der Waals surface area contributed by atoms with E-state index in [1.165, 1.54) is 6.07 Å². The Labute approximate surface area is 176 Å². The van der Waals surface area contributed by atoms with Crippen LogP contribution in [0.3, 0.4) is 0 Å². The predicted octanol–water partition coefficient (Wildman–Crippen LogP) is 4.89. The topological polar surface area (TPSA) is 73.9 Å². The quantitative estimate of drug-likeness (QED) is 0.555. The van der Waals surface area contributed by atoms with Crippen molar-refractivity contribution in [3.8, 4) is 11.5 Å². The molecule has 0 saturated heterocycles. The van der Waals surface area contributed by atoms with Crippen LogP contribution in [0.25, 0.3) is 0 Å². The molecule has 0 heterocycles. The molecule has 29 heavy (non-hydrogen) atoms. The second-order valence-corrected chi connectivity index (χ2v) is 6.52. The maximum atomic E-state index is 12.3. The van der Waals surface area contributed by atoms with Crippen LogP contribution >= 0.6 is 11.6 Å². The van der Waals surface area contributed by atoms with Gasteiger partial charge in [0.1, 0.15) is 0 Å². The van der Waals surface area contributed by atoms with Gasteiger partial charge in [0, 0.05) is 12.1 Å². The molecule has 0 unspecified atom stereocenters. The average Bonchev–Trinajstić information content (AvgIpc) is 2.70. The molecular weight excluding hydrogens is 394 g/mol. The zero-order valence-corrected chi connectivity index (χ0v) is 17.7. The number of hydrogen-bond acceptors (Lipinski definition) is 5. The van der Waals surface area contributed by atoms with Crippen molar-refractivity contribution in [2.45, 2.75) is 33.6 Å². The van der Waals surface area contributed by atoms with Crippen LogP contribution in [-0.2, 0) is 16.0 Å². The highest BCUT2D eigenvalue weighted by molar-refractivity contribution is 6.33. The van der Waals surface area contributed by atoms with Crippen molar-refractivity contribution in [2.24, 2.45) is 0 Å². The number of nitrogens with one attached hydrogen (secondary N) is 1. The monoisotopic (exact) mass is 419 g/mol. The average molecular weight is 420 g/mol. The first-order valence-electron chi connectivity index (χ1n) is 9.63. The van der Waals surface area contributed by atoms with Crippen molar-refractivity contribution in [2.75, 3.05) is 25.1 Å². The van der Waals surface area contributed by atoms with Gasteiger partial charge in [-0.15, -0.1) is 0 Å². The predicted molar refractivity (Wildman–Crippen MR) is 113 cm³/mol. The fraction of sp³-hybridized carbons (Fsp3) is 0.364. The second kappa shape index (κ2) is 11.3. The van der Waals surface area contributed by atoms with Gasteiger partial charge in [0.15, 0.2) is 11.5 Å². The Bertz CT molecular complexity index is 853. The lowest BCUT2D eigenvalue weighted by Crippen LogP contribution is -2.13. The molecule has 0 saturated carbocycles. The minimum atomic E-state index is -0.522. The molecule has 0 radical (unpaired) electrons. The number of benzene rings is 2. The molecular formula is C22H26ClNO5. The Morgan fingerprint density at radius 1 is 0.931 bits per heavy atom. The maximum Gasteiger partial charge on any atom is 0.339 e. The van der Waals surface area contributed by atoms with Crippen LogP contribution in [0, 0.1) is 0 Å². The van der Waals surface area contributed by atoms with Gasteiger partial charge in [-0.05, 0) is 63.1 Å². The van der Waals surface area contributed by atoms with Crippen LogP contribution in [0.1, 0.15) is 43.1 Å². The van der Waals surface area contributed by atoms with Gasteiger partial charge in [-0.2, -0.15) is 0 Å². The molecule has 2 aromatic carbocycles. The molecule has 0 atom stereocenters. The Hall–Kier alpha value is -2.73. The van der Waals surface area contributed by atoms with Crippen LogP contribution in [-0.4, -0.2) is 31.7 Å². The van der Waals surface area contributed by atoms with Gasteiger partial charge in [-0.3, -0.25) is 4.79 Å². The van der Waals surface area contributed by atoms with Gasteiger partial charge in [0.25, 0.3) is 0 Å². The molecule has 0 aliphatic rings. The summed E-state index contributed by atoms with van der Waals surface area (Å²) < 4.78 is 16.1. The zero-order chi connectivity index (χ0) is 21.2. The minimum absolute atomic E-state index is 0.172. The summed E-state index contributed by atoms with van der Waals surface area (Å²) >= 11 is 6.04. The summed E-state index contributed by atoms with van der Waals surface area (Å²) in [6.07, 6.45) is 0.813. The first kappa shape index (κ1) is 22.6. The second-order valence-electron chi connectivity index (χ2n) is 6.11. The molecule has 6 nitrogen and oxygen atoms in total. The summed E-state index contributed by atoms with van der Waals surface area (Å²) in [7, 11) is 0. The smallest absolute Gasteiger partial charge is 0.339 e. The van der Waals surface area contributed by atoms with Gasteiger partial charge in [-0.1, -0.05) is 17.7 Å². The van der Waals surface area contributed by atoms with Crippen molar-refractivity contribution < 1.29 is 23.8 Å². The normalized spacial score (nSPS) is 10.3. The third kappa shape index (κ3) is 6.68. The van der Waals surface area contributed by atoms with E-state index in [-0.39, 0.29) is 29.5 Å². The van der Waals surface area contributed by atoms with Crippen LogP contribution in [0.15, 0.2) is 36.4 Å². The Morgan fingerprint density at radius 3 is 2.34 bits per heavy atom. The molecule has 1 N–H and O–H groups in total. The summed E-state index contributed by atoms with van der Waals surface area (Å²) in [4.78, 5) is 24.3.